The highest BCUT2D eigenvalue weighted by Crippen LogP contribution is 2.19. The number of benzene rings is 1. The van der Waals surface area contributed by atoms with E-state index in [0.717, 1.165) is 24.0 Å². The first-order chi connectivity index (χ1) is 7.75. The van der Waals surface area contributed by atoms with Gasteiger partial charge in [0.25, 0.3) is 0 Å². The molecule has 1 aromatic carbocycles. The van der Waals surface area contributed by atoms with E-state index < -0.39 is 0 Å². The van der Waals surface area contributed by atoms with Gasteiger partial charge in [-0.1, -0.05) is 52.4 Å². The molecule has 84 valence electrons. The van der Waals surface area contributed by atoms with E-state index in [0.29, 0.717) is 0 Å². The van der Waals surface area contributed by atoms with Gasteiger partial charge in [-0.15, -0.1) is 0 Å². The molecule has 1 aromatic rings. The normalized spacial score (nSPS) is 17.8. The molecule has 16 heavy (non-hydrogen) atoms. The Hall–Kier alpha value is -0.860. The van der Waals surface area contributed by atoms with Crippen LogP contribution in [0.3, 0.4) is 0 Å². The zero-order valence-corrected chi connectivity index (χ0v) is 11.1. The summed E-state index contributed by atoms with van der Waals surface area (Å²) in [6, 6.07) is 8.29. The molecule has 0 unspecified atom stereocenters. The van der Waals surface area contributed by atoms with Crippen molar-refractivity contribution in [3.63, 3.8) is 0 Å². The van der Waals surface area contributed by atoms with Crippen LogP contribution in [0.1, 0.15) is 12.0 Å². The van der Waals surface area contributed by atoms with Gasteiger partial charge in [0.1, 0.15) is 0 Å². The number of nitrogens with zero attached hydrogens (tertiary/aromatic N) is 1. The fourth-order valence-corrected chi connectivity index (χ4v) is 2.16. The van der Waals surface area contributed by atoms with Gasteiger partial charge in [0.2, 0.25) is 0 Å². The minimum atomic E-state index is 1.07. The first kappa shape index (κ1) is 11.6. The summed E-state index contributed by atoms with van der Waals surface area (Å²) in [5.74, 6) is 0. The SMILES string of the molecule is CN1CC=C(/C=C\c2ccccc2Br)CC1. The van der Waals surface area contributed by atoms with Crippen LogP contribution in [0.4, 0.5) is 0 Å². The van der Waals surface area contributed by atoms with Gasteiger partial charge in [-0.05, 0) is 30.7 Å². The second-order valence-electron chi connectivity index (χ2n) is 4.15. The topological polar surface area (TPSA) is 3.24 Å². The van der Waals surface area contributed by atoms with Crippen LogP contribution in [0.5, 0.6) is 0 Å². The molecule has 1 aliphatic heterocycles. The van der Waals surface area contributed by atoms with Gasteiger partial charge in [-0.3, -0.25) is 0 Å². The van der Waals surface area contributed by atoms with Crippen LogP contribution in [0, 0.1) is 0 Å². The molecule has 0 fully saturated rings. The van der Waals surface area contributed by atoms with Crippen molar-refractivity contribution in [3.8, 4) is 0 Å². The van der Waals surface area contributed by atoms with E-state index in [9.17, 15) is 0 Å². The quantitative estimate of drug-likeness (QED) is 0.797. The summed E-state index contributed by atoms with van der Waals surface area (Å²) in [5.41, 5.74) is 2.68. The van der Waals surface area contributed by atoms with Crippen LogP contribution in [-0.2, 0) is 0 Å². The maximum Gasteiger partial charge on any atom is 0.0247 e. The fraction of sp³-hybridized carbons (Fsp3) is 0.286. The molecule has 2 heteroatoms. The fourth-order valence-electron chi connectivity index (χ4n) is 1.74. The Morgan fingerprint density at radius 1 is 1.25 bits per heavy atom. The van der Waals surface area contributed by atoms with Crippen molar-refractivity contribution < 1.29 is 0 Å². The summed E-state index contributed by atoms with van der Waals surface area (Å²) in [7, 11) is 2.16. The number of allylic oxidation sites excluding steroid dienone is 1. The van der Waals surface area contributed by atoms with Gasteiger partial charge in [0, 0.05) is 17.6 Å². The van der Waals surface area contributed by atoms with E-state index in [4.69, 9.17) is 0 Å². The third kappa shape index (κ3) is 3.06. The molecule has 0 spiro atoms. The summed E-state index contributed by atoms with van der Waals surface area (Å²) in [6.07, 6.45) is 7.86. The highest BCUT2D eigenvalue weighted by atomic mass is 79.9. The Labute approximate surface area is 106 Å². The highest BCUT2D eigenvalue weighted by Gasteiger charge is 2.04. The van der Waals surface area contributed by atoms with Gasteiger partial charge in [-0.25, -0.2) is 0 Å². The number of rotatable bonds is 2. The summed E-state index contributed by atoms with van der Waals surface area (Å²) in [6.45, 7) is 2.22. The second-order valence-corrected chi connectivity index (χ2v) is 5.00. The maximum atomic E-state index is 3.55. The highest BCUT2D eigenvalue weighted by molar-refractivity contribution is 9.10. The molecule has 0 bridgehead atoms. The smallest absolute Gasteiger partial charge is 0.0247 e. The minimum Gasteiger partial charge on any atom is -0.302 e. The maximum absolute atomic E-state index is 3.55. The molecule has 0 saturated carbocycles. The van der Waals surface area contributed by atoms with E-state index in [1.165, 1.54) is 11.1 Å². The van der Waals surface area contributed by atoms with E-state index in [-0.39, 0.29) is 0 Å². The zero-order chi connectivity index (χ0) is 11.4. The first-order valence-corrected chi connectivity index (χ1v) is 6.35. The van der Waals surface area contributed by atoms with Gasteiger partial charge in [-0.2, -0.15) is 0 Å². The van der Waals surface area contributed by atoms with Gasteiger partial charge >= 0.3 is 0 Å². The van der Waals surface area contributed by atoms with Crippen molar-refractivity contribution in [2.24, 2.45) is 0 Å². The summed E-state index contributed by atoms with van der Waals surface area (Å²) < 4.78 is 1.15. The van der Waals surface area contributed by atoms with E-state index in [1.54, 1.807) is 0 Å². The average Bonchev–Trinajstić information content (AvgIpc) is 2.30. The lowest BCUT2D eigenvalue weighted by atomic mass is 10.1. The molecule has 0 aliphatic carbocycles. The van der Waals surface area contributed by atoms with Crippen LogP contribution >= 0.6 is 15.9 Å². The Morgan fingerprint density at radius 3 is 2.75 bits per heavy atom. The monoisotopic (exact) mass is 277 g/mol. The van der Waals surface area contributed by atoms with E-state index in [1.807, 2.05) is 6.07 Å². The van der Waals surface area contributed by atoms with Crippen molar-refractivity contribution in [1.82, 2.24) is 4.90 Å². The predicted molar refractivity (Wildman–Crippen MR) is 73.4 cm³/mol. The zero-order valence-electron chi connectivity index (χ0n) is 9.49. The molecule has 0 saturated heterocycles. The lowest BCUT2D eigenvalue weighted by Crippen LogP contribution is -2.23. The lowest BCUT2D eigenvalue weighted by Gasteiger charge is -2.20. The minimum absolute atomic E-state index is 1.07. The van der Waals surface area contributed by atoms with Crippen LogP contribution in [0.2, 0.25) is 0 Å². The molecule has 1 heterocycles. The van der Waals surface area contributed by atoms with Gasteiger partial charge < -0.3 is 4.90 Å². The van der Waals surface area contributed by atoms with Crippen LogP contribution in [-0.4, -0.2) is 25.0 Å². The van der Waals surface area contributed by atoms with Crippen LogP contribution in [0.15, 0.2) is 46.5 Å². The van der Waals surface area contributed by atoms with Crippen molar-refractivity contribution in [2.75, 3.05) is 20.1 Å². The van der Waals surface area contributed by atoms with Crippen molar-refractivity contribution >= 4 is 22.0 Å². The molecule has 1 aliphatic rings. The van der Waals surface area contributed by atoms with Crippen molar-refractivity contribution in [3.05, 3.63) is 52.0 Å². The van der Waals surface area contributed by atoms with Crippen LogP contribution < -0.4 is 0 Å². The molecule has 0 amide bonds. The first-order valence-electron chi connectivity index (χ1n) is 5.56. The predicted octanol–water partition coefficient (Wildman–Crippen LogP) is 3.72. The number of halogens is 1. The van der Waals surface area contributed by atoms with E-state index in [2.05, 4.69) is 64.3 Å². The van der Waals surface area contributed by atoms with E-state index >= 15 is 0 Å². The molecule has 0 atom stereocenters. The summed E-state index contributed by atoms with van der Waals surface area (Å²) in [4.78, 5) is 2.33. The Kier molecular flexibility index (Phi) is 3.97. The summed E-state index contributed by atoms with van der Waals surface area (Å²) in [5, 5.41) is 0. The number of likely N-dealkylation sites (N-methyl/N-ethyl adjacent to an activating group) is 1. The largest absolute Gasteiger partial charge is 0.302 e. The standard InChI is InChI=1S/C14H16BrN/c1-16-10-8-12(9-11-16)6-7-13-4-2-3-5-14(13)15/h2-8H,9-11H2,1H3/b7-6-. The van der Waals surface area contributed by atoms with Crippen molar-refractivity contribution in [1.29, 1.82) is 0 Å². The van der Waals surface area contributed by atoms with Crippen LogP contribution in [0.25, 0.3) is 6.08 Å². The van der Waals surface area contributed by atoms with Gasteiger partial charge in [0.05, 0.1) is 0 Å². The molecule has 1 nitrogen and oxygen atoms in total. The number of hydrogen-bond donors (Lipinski definition) is 0. The Bertz CT molecular complexity index is 420. The molecule has 0 aromatic heterocycles. The lowest BCUT2D eigenvalue weighted by molar-refractivity contribution is 0.361. The molecule has 0 radical (unpaired) electrons. The summed E-state index contributed by atoms with van der Waals surface area (Å²) >= 11 is 3.55. The third-order valence-corrected chi connectivity index (χ3v) is 3.55. The molecule has 2 rings (SSSR count). The second kappa shape index (κ2) is 5.46. The molecule has 0 N–H and O–H groups in total. The Balaban J connectivity index is 2.07. The third-order valence-electron chi connectivity index (χ3n) is 2.83. The van der Waals surface area contributed by atoms with Crippen molar-refractivity contribution in [2.45, 2.75) is 6.42 Å². The Morgan fingerprint density at radius 2 is 2.06 bits per heavy atom. The molecular formula is C14H16BrN. The van der Waals surface area contributed by atoms with Gasteiger partial charge in [0.15, 0.2) is 0 Å². The molecular weight excluding hydrogens is 262 g/mol. The average molecular weight is 278 g/mol. The number of hydrogen-bond acceptors (Lipinski definition) is 1.